The second kappa shape index (κ2) is 5.72. The normalized spacial score (nSPS) is 28.5. The van der Waals surface area contributed by atoms with E-state index in [0.717, 1.165) is 48.8 Å². The lowest BCUT2D eigenvalue weighted by molar-refractivity contribution is -0.159. The van der Waals surface area contributed by atoms with E-state index in [1.54, 1.807) is 0 Å². The van der Waals surface area contributed by atoms with Crippen LogP contribution in [0, 0.1) is 5.41 Å². The number of benzene rings is 1. The molecule has 2 aliphatic rings. The third-order valence-corrected chi connectivity index (χ3v) is 6.11. The fourth-order valence-electron chi connectivity index (χ4n) is 4.31. The molecule has 2 aliphatic carbocycles. The summed E-state index contributed by atoms with van der Waals surface area (Å²) in [7, 11) is 0. The Morgan fingerprint density at radius 2 is 1.96 bits per heavy atom. The monoisotopic (exact) mass is 415 g/mol. The molecule has 2 bridgehead atoms. The number of anilines is 1. The van der Waals surface area contributed by atoms with Crippen LogP contribution in [0.25, 0.3) is 0 Å². The molecular formula is C17H17BrF3N3O. The highest BCUT2D eigenvalue weighted by atomic mass is 79.9. The molecule has 1 aromatic carbocycles. The molecule has 4 nitrogen and oxygen atoms in total. The first-order valence-corrected chi connectivity index (χ1v) is 9.01. The van der Waals surface area contributed by atoms with E-state index in [2.05, 4.69) is 35.9 Å². The van der Waals surface area contributed by atoms with Gasteiger partial charge in [0.15, 0.2) is 5.82 Å². The van der Waals surface area contributed by atoms with Gasteiger partial charge >= 0.3 is 12.1 Å². The zero-order chi connectivity index (χ0) is 17.7. The van der Waals surface area contributed by atoms with Crippen LogP contribution in [0.3, 0.4) is 0 Å². The molecule has 4 rings (SSSR count). The van der Waals surface area contributed by atoms with Crippen LogP contribution in [0.1, 0.15) is 43.8 Å². The maximum absolute atomic E-state index is 12.7. The number of hydrogen-bond donors (Lipinski definition) is 1. The molecule has 2 saturated carbocycles. The van der Waals surface area contributed by atoms with Gasteiger partial charge in [-0.15, -0.1) is 0 Å². The summed E-state index contributed by atoms with van der Waals surface area (Å²) in [5, 5.41) is 7.13. The van der Waals surface area contributed by atoms with Gasteiger partial charge in [-0.2, -0.15) is 18.2 Å². The van der Waals surface area contributed by atoms with Gasteiger partial charge in [-0.1, -0.05) is 27.2 Å². The maximum atomic E-state index is 12.7. The molecule has 0 unspecified atom stereocenters. The molecule has 1 heterocycles. The van der Waals surface area contributed by atoms with E-state index in [-0.39, 0.29) is 16.7 Å². The molecule has 25 heavy (non-hydrogen) atoms. The third-order valence-electron chi connectivity index (χ3n) is 5.62. The van der Waals surface area contributed by atoms with Crippen LogP contribution in [-0.4, -0.2) is 16.7 Å². The van der Waals surface area contributed by atoms with E-state index in [9.17, 15) is 13.2 Å². The Labute approximate surface area is 151 Å². The van der Waals surface area contributed by atoms with Crippen LogP contribution in [0.15, 0.2) is 33.3 Å². The molecule has 0 aliphatic heterocycles. The topological polar surface area (TPSA) is 51.0 Å². The summed E-state index contributed by atoms with van der Waals surface area (Å²) in [6.45, 7) is 0.801. The van der Waals surface area contributed by atoms with Gasteiger partial charge in [0.05, 0.1) is 0 Å². The van der Waals surface area contributed by atoms with Gasteiger partial charge in [-0.3, -0.25) is 0 Å². The van der Waals surface area contributed by atoms with Crippen molar-refractivity contribution in [3.05, 3.63) is 40.5 Å². The van der Waals surface area contributed by atoms with Crippen LogP contribution in [0.5, 0.6) is 0 Å². The van der Waals surface area contributed by atoms with Crippen molar-refractivity contribution in [2.24, 2.45) is 5.41 Å². The van der Waals surface area contributed by atoms with E-state index in [1.165, 1.54) is 0 Å². The van der Waals surface area contributed by atoms with Crippen molar-refractivity contribution >= 4 is 21.6 Å². The van der Waals surface area contributed by atoms with Gasteiger partial charge in [-0.25, -0.2) is 0 Å². The predicted octanol–water partition coefficient (Wildman–Crippen LogP) is 5.16. The Kier molecular flexibility index (Phi) is 3.86. The smallest absolute Gasteiger partial charge is 0.384 e. The van der Waals surface area contributed by atoms with Gasteiger partial charge in [0.25, 0.3) is 0 Å². The largest absolute Gasteiger partial charge is 0.471 e. The molecule has 0 saturated heterocycles. The van der Waals surface area contributed by atoms with Crippen molar-refractivity contribution in [1.82, 2.24) is 10.1 Å². The molecule has 0 atom stereocenters. The molecular weight excluding hydrogens is 399 g/mol. The number of rotatable bonds is 4. The maximum Gasteiger partial charge on any atom is 0.471 e. The van der Waals surface area contributed by atoms with Gasteiger partial charge in [-0.05, 0) is 55.7 Å². The first-order chi connectivity index (χ1) is 11.8. The van der Waals surface area contributed by atoms with E-state index in [4.69, 9.17) is 0 Å². The molecule has 2 aromatic rings. The van der Waals surface area contributed by atoms with Gasteiger partial charge < -0.3 is 9.84 Å². The van der Waals surface area contributed by atoms with Gasteiger partial charge in [0, 0.05) is 22.1 Å². The number of fused-ring (bicyclic) bond motifs is 2. The standard InChI is InChI=1S/C17H17BrF3N3O/c18-11-2-1-3-12(8-11)22-10-15-4-6-16(9-15,7-5-15)13-23-14(25-24-13)17(19,20)21/h1-3,8,22H,4-7,9-10H2. The molecule has 8 heteroatoms. The quantitative estimate of drug-likeness (QED) is 0.748. The summed E-state index contributed by atoms with van der Waals surface area (Å²) in [6, 6.07) is 7.96. The highest BCUT2D eigenvalue weighted by Crippen LogP contribution is 2.61. The summed E-state index contributed by atoms with van der Waals surface area (Å²) in [5.41, 5.74) is 0.750. The predicted molar refractivity (Wildman–Crippen MR) is 89.1 cm³/mol. The molecule has 0 radical (unpaired) electrons. The van der Waals surface area contributed by atoms with Crippen LogP contribution < -0.4 is 5.32 Å². The van der Waals surface area contributed by atoms with E-state index >= 15 is 0 Å². The summed E-state index contributed by atoms with van der Waals surface area (Å²) < 4.78 is 43.7. The minimum absolute atomic E-state index is 0.0847. The van der Waals surface area contributed by atoms with Crippen LogP contribution in [0.4, 0.5) is 18.9 Å². The minimum atomic E-state index is -4.58. The van der Waals surface area contributed by atoms with Crippen LogP contribution in [-0.2, 0) is 11.6 Å². The summed E-state index contributed by atoms with van der Waals surface area (Å²) >= 11 is 3.45. The number of nitrogens with zero attached hydrogens (tertiary/aromatic N) is 2. The van der Waals surface area contributed by atoms with Gasteiger partial charge in [0.1, 0.15) is 0 Å². The molecule has 2 fully saturated rings. The van der Waals surface area contributed by atoms with Crippen LogP contribution >= 0.6 is 15.9 Å². The first-order valence-electron chi connectivity index (χ1n) is 8.21. The van der Waals surface area contributed by atoms with Crippen molar-refractivity contribution in [2.45, 2.75) is 43.7 Å². The lowest BCUT2D eigenvalue weighted by Gasteiger charge is -2.27. The Morgan fingerprint density at radius 3 is 2.60 bits per heavy atom. The zero-order valence-corrected chi connectivity index (χ0v) is 15.0. The Hall–Kier alpha value is -1.57. The number of aromatic nitrogens is 2. The highest BCUT2D eigenvalue weighted by molar-refractivity contribution is 9.10. The van der Waals surface area contributed by atoms with E-state index in [0.29, 0.717) is 0 Å². The number of hydrogen-bond acceptors (Lipinski definition) is 4. The summed E-state index contributed by atoms with van der Waals surface area (Å²) in [4.78, 5) is 3.66. The average molecular weight is 416 g/mol. The second-order valence-electron chi connectivity index (χ2n) is 7.24. The van der Waals surface area contributed by atoms with Crippen molar-refractivity contribution in [3.63, 3.8) is 0 Å². The van der Waals surface area contributed by atoms with Crippen molar-refractivity contribution in [3.8, 4) is 0 Å². The lowest BCUT2D eigenvalue weighted by Crippen LogP contribution is -2.24. The molecule has 1 N–H and O–H groups in total. The average Bonchev–Trinajstić information content (AvgIpc) is 3.26. The summed E-state index contributed by atoms with van der Waals surface area (Å²) in [6.07, 6.45) is -0.238. The highest BCUT2D eigenvalue weighted by Gasteiger charge is 2.57. The van der Waals surface area contributed by atoms with E-state index < -0.39 is 12.1 Å². The minimum Gasteiger partial charge on any atom is -0.384 e. The lowest BCUT2D eigenvalue weighted by atomic mass is 9.81. The SMILES string of the molecule is FC(F)(F)c1nc(C23CCC(CNc4cccc(Br)c4)(CC2)C3)no1. The number of halogens is 4. The fourth-order valence-corrected chi connectivity index (χ4v) is 4.71. The second-order valence-corrected chi connectivity index (χ2v) is 8.16. The van der Waals surface area contributed by atoms with Crippen LogP contribution in [0.2, 0.25) is 0 Å². The Morgan fingerprint density at radius 1 is 1.20 bits per heavy atom. The van der Waals surface area contributed by atoms with Crippen molar-refractivity contribution in [1.29, 1.82) is 0 Å². The Bertz CT molecular complexity index is 781. The van der Waals surface area contributed by atoms with Crippen molar-refractivity contribution in [2.75, 3.05) is 11.9 Å². The fraction of sp³-hybridized carbons (Fsp3) is 0.529. The third kappa shape index (κ3) is 3.05. The Balaban J connectivity index is 1.48. The van der Waals surface area contributed by atoms with E-state index in [1.807, 2.05) is 24.3 Å². The molecule has 1 aromatic heterocycles. The molecule has 134 valence electrons. The molecule has 0 amide bonds. The summed E-state index contributed by atoms with van der Waals surface area (Å²) in [5.74, 6) is -1.02. The van der Waals surface area contributed by atoms with Crippen molar-refractivity contribution < 1.29 is 17.7 Å². The number of nitrogens with one attached hydrogen (secondary N) is 1. The number of alkyl halides is 3. The van der Waals surface area contributed by atoms with Gasteiger partial charge in [0.2, 0.25) is 0 Å². The first kappa shape index (κ1) is 16.9. The zero-order valence-electron chi connectivity index (χ0n) is 13.4. The molecule has 0 spiro atoms.